The van der Waals surface area contributed by atoms with Gasteiger partial charge in [-0.1, -0.05) is 84.4 Å². The predicted molar refractivity (Wildman–Crippen MR) is 73.3 cm³/mol. The third-order valence-electron chi connectivity index (χ3n) is 5.66. The SMILES string of the molecule is CC(C)[Si](C)(C(C)C)C1(C)CCCCC1. The van der Waals surface area contributed by atoms with Crippen LogP contribution in [0.4, 0.5) is 0 Å². The van der Waals surface area contributed by atoms with Crippen LogP contribution in [-0.2, 0) is 0 Å². The monoisotopic (exact) mass is 226 g/mol. The van der Waals surface area contributed by atoms with E-state index in [1.165, 1.54) is 32.1 Å². The van der Waals surface area contributed by atoms with Crippen LogP contribution >= 0.6 is 0 Å². The molecule has 0 nitrogen and oxygen atoms in total. The third-order valence-corrected chi connectivity index (χ3v) is 13.6. The molecular weight excluding hydrogens is 196 g/mol. The van der Waals surface area contributed by atoms with Crippen LogP contribution in [0.1, 0.15) is 66.7 Å². The maximum absolute atomic E-state index is 2.67. The zero-order valence-electron chi connectivity index (χ0n) is 11.7. The lowest BCUT2D eigenvalue weighted by Crippen LogP contribution is -2.49. The largest absolute Gasteiger partial charge is 0.0684 e. The molecule has 1 rings (SSSR count). The second-order valence-electron chi connectivity index (χ2n) is 6.71. The fourth-order valence-corrected chi connectivity index (χ4v) is 9.48. The minimum absolute atomic E-state index is 0.716. The molecule has 0 aromatic carbocycles. The first-order chi connectivity index (χ1) is 6.84. The van der Waals surface area contributed by atoms with E-state index >= 15 is 0 Å². The Labute approximate surface area is 97.9 Å². The van der Waals surface area contributed by atoms with E-state index in [0.29, 0.717) is 5.04 Å². The third kappa shape index (κ3) is 2.18. The molecule has 90 valence electrons. The van der Waals surface area contributed by atoms with Crippen molar-refractivity contribution < 1.29 is 0 Å². The maximum atomic E-state index is 2.67. The van der Waals surface area contributed by atoms with Gasteiger partial charge in [-0.05, 0) is 5.04 Å². The van der Waals surface area contributed by atoms with Crippen LogP contribution in [0.15, 0.2) is 0 Å². The molecule has 0 heterocycles. The van der Waals surface area contributed by atoms with Crippen LogP contribution in [0.2, 0.25) is 22.7 Å². The van der Waals surface area contributed by atoms with Crippen LogP contribution < -0.4 is 0 Å². The van der Waals surface area contributed by atoms with Crippen molar-refractivity contribution in [2.45, 2.75) is 89.4 Å². The molecule has 1 aliphatic rings. The average Bonchev–Trinajstić information content (AvgIpc) is 2.16. The molecule has 1 aliphatic carbocycles. The summed E-state index contributed by atoms with van der Waals surface area (Å²) in [4.78, 5) is 0. The average molecular weight is 226 g/mol. The van der Waals surface area contributed by atoms with E-state index in [4.69, 9.17) is 0 Å². The summed E-state index contributed by atoms with van der Waals surface area (Å²) in [6.07, 6.45) is 7.46. The summed E-state index contributed by atoms with van der Waals surface area (Å²) in [6, 6.07) is 0. The summed E-state index contributed by atoms with van der Waals surface area (Å²) in [5, 5.41) is 0.716. The van der Waals surface area contributed by atoms with E-state index in [-0.39, 0.29) is 0 Å². The fraction of sp³-hybridized carbons (Fsp3) is 1.00. The van der Waals surface area contributed by atoms with Gasteiger partial charge in [-0.25, -0.2) is 0 Å². The Morgan fingerprint density at radius 1 is 0.867 bits per heavy atom. The molecule has 0 aromatic rings. The van der Waals surface area contributed by atoms with Crippen molar-refractivity contribution >= 4 is 8.07 Å². The Bertz CT molecular complexity index is 191. The van der Waals surface area contributed by atoms with Crippen molar-refractivity contribution in [1.82, 2.24) is 0 Å². The van der Waals surface area contributed by atoms with Gasteiger partial charge >= 0.3 is 0 Å². The molecule has 0 saturated heterocycles. The van der Waals surface area contributed by atoms with Crippen LogP contribution in [0.3, 0.4) is 0 Å². The molecule has 0 amide bonds. The van der Waals surface area contributed by atoms with Gasteiger partial charge in [-0.3, -0.25) is 0 Å². The van der Waals surface area contributed by atoms with E-state index in [1.807, 2.05) is 0 Å². The summed E-state index contributed by atoms with van der Waals surface area (Å²) in [5.74, 6) is 0. The molecule has 0 radical (unpaired) electrons. The summed E-state index contributed by atoms with van der Waals surface area (Å²) in [5.41, 5.74) is 1.86. The van der Waals surface area contributed by atoms with Crippen LogP contribution in [0.25, 0.3) is 0 Å². The lowest BCUT2D eigenvalue weighted by Gasteiger charge is -2.53. The lowest BCUT2D eigenvalue weighted by atomic mass is 9.90. The highest BCUT2D eigenvalue weighted by atomic mass is 28.3. The molecular formula is C14H30Si. The highest BCUT2D eigenvalue weighted by Crippen LogP contribution is 2.58. The first-order valence-corrected chi connectivity index (χ1v) is 9.50. The Morgan fingerprint density at radius 3 is 1.60 bits per heavy atom. The molecule has 1 fully saturated rings. The van der Waals surface area contributed by atoms with Crippen molar-refractivity contribution in [3.63, 3.8) is 0 Å². The lowest BCUT2D eigenvalue weighted by molar-refractivity contribution is 0.378. The Hall–Kier alpha value is 0.217. The zero-order valence-corrected chi connectivity index (χ0v) is 12.7. The van der Waals surface area contributed by atoms with Crippen molar-refractivity contribution in [3.05, 3.63) is 0 Å². The Morgan fingerprint density at radius 2 is 1.27 bits per heavy atom. The van der Waals surface area contributed by atoms with Gasteiger partial charge in [-0.15, -0.1) is 0 Å². The minimum atomic E-state index is -1.13. The molecule has 0 N–H and O–H groups in total. The molecule has 0 aromatic heterocycles. The number of hydrogen-bond donors (Lipinski definition) is 0. The highest BCUT2D eigenvalue weighted by molar-refractivity contribution is 6.83. The topological polar surface area (TPSA) is 0 Å². The van der Waals surface area contributed by atoms with Gasteiger partial charge in [0.25, 0.3) is 0 Å². The Balaban J connectivity index is 2.96. The zero-order chi connectivity index (χ0) is 11.7. The fourth-order valence-electron chi connectivity index (χ4n) is 3.93. The van der Waals surface area contributed by atoms with Gasteiger partial charge in [0.15, 0.2) is 0 Å². The van der Waals surface area contributed by atoms with Gasteiger partial charge < -0.3 is 0 Å². The van der Waals surface area contributed by atoms with Crippen molar-refractivity contribution in [1.29, 1.82) is 0 Å². The molecule has 0 aliphatic heterocycles. The van der Waals surface area contributed by atoms with Gasteiger partial charge in [0.1, 0.15) is 0 Å². The van der Waals surface area contributed by atoms with Gasteiger partial charge in [0.2, 0.25) is 0 Å². The van der Waals surface area contributed by atoms with Gasteiger partial charge in [0, 0.05) is 0 Å². The standard InChI is InChI=1S/C14H30Si/c1-12(2)15(6,13(3)4)14(5)10-8-7-9-11-14/h12-13H,7-11H2,1-6H3. The molecule has 0 spiro atoms. The van der Waals surface area contributed by atoms with Crippen LogP contribution in [0.5, 0.6) is 0 Å². The van der Waals surface area contributed by atoms with Gasteiger partial charge in [0.05, 0.1) is 8.07 Å². The molecule has 0 unspecified atom stereocenters. The van der Waals surface area contributed by atoms with E-state index < -0.39 is 8.07 Å². The van der Waals surface area contributed by atoms with E-state index in [9.17, 15) is 0 Å². The van der Waals surface area contributed by atoms with Crippen molar-refractivity contribution in [2.75, 3.05) is 0 Å². The van der Waals surface area contributed by atoms with E-state index in [0.717, 1.165) is 11.1 Å². The normalized spacial score (nSPS) is 22.4. The number of hydrogen-bond acceptors (Lipinski definition) is 0. The quantitative estimate of drug-likeness (QED) is 0.549. The van der Waals surface area contributed by atoms with E-state index in [2.05, 4.69) is 41.2 Å². The summed E-state index contributed by atoms with van der Waals surface area (Å²) >= 11 is 0. The summed E-state index contributed by atoms with van der Waals surface area (Å²) < 4.78 is 0. The van der Waals surface area contributed by atoms with Crippen molar-refractivity contribution in [2.24, 2.45) is 0 Å². The molecule has 1 heteroatoms. The van der Waals surface area contributed by atoms with Gasteiger partial charge in [-0.2, -0.15) is 0 Å². The summed E-state index contributed by atoms with van der Waals surface area (Å²) in [7, 11) is -1.13. The molecule has 0 atom stereocenters. The minimum Gasteiger partial charge on any atom is -0.0684 e. The first kappa shape index (κ1) is 13.3. The van der Waals surface area contributed by atoms with Crippen LogP contribution in [-0.4, -0.2) is 8.07 Å². The Kier molecular flexibility index (Phi) is 4.08. The summed E-state index contributed by atoms with van der Waals surface area (Å²) in [6.45, 7) is 15.2. The molecule has 15 heavy (non-hydrogen) atoms. The molecule has 1 saturated carbocycles. The smallest absolute Gasteiger partial charge is 0.0615 e. The maximum Gasteiger partial charge on any atom is 0.0615 e. The second-order valence-corrected chi connectivity index (χ2v) is 12.8. The van der Waals surface area contributed by atoms with Crippen molar-refractivity contribution in [3.8, 4) is 0 Å². The van der Waals surface area contributed by atoms with E-state index in [1.54, 1.807) is 0 Å². The van der Waals surface area contributed by atoms with Crippen LogP contribution in [0, 0.1) is 0 Å². The highest BCUT2D eigenvalue weighted by Gasteiger charge is 2.50. The second kappa shape index (κ2) is 4.61. The first-order valence-electron chi connectivity index (χ1n) is 6.84. The predicted octanol–water partition coefficient (Wildman–Crippen LogP) is 5.61. The number of rotatable bonds is 3. The molecule has 0 bridgehead atoms.